The summed E-state index contributed by atoms with van der Waals surface area (Å²) in [6.07, 6.45) is 3.02. The predicted octanol–water partition coefficient (Wildman–Crippen LogP) is 3.42. The molecule has 0 aliphatic heterocycles. The van der Waals surface area contributed by atoms with E-state index in [-0.39, 0.29) is 11.6 Å². The van der Waals surface area contributed by atoms with Crippen LogP contribution >= 0.6 is 0 Å². The Labute approximate surface area is 177 Å². The summed E-state index contributed by atoms with van der Waals surface area (Å²) in [4.78, 5) is 34.0. The zero-order valence-electron chi connectivity index (χ0n) is 17.0. The summed E-state index contributed by atoms with van der Waals surface area (Å²) in [7, 11) is 0. The fraction of sp³-hybridized carbons (Fsp3) is 0.136. The van der Waals surface area contributed by atoms with E-state index in [4.69, 9.17) is 4.98 Å². The number of fused-ring (bicyclic) bond motifs is 2. The van der Waals surface area contributed by atoms with Gasteiger partial charge in [-0.05, 0) is 37.6 Å². The summed E-state index contributed by atoms with van der Waals surface area (Å²) in [5, 5.41) is 3.92. The lowest BCUT2D eigenvalue weighted by molar-refractivity contribution is 0.701. The summed E-state index contributed by atoms with van der Waals surface area (Å²) >= 11 is 0. The van der Waals surface area contributed by atoms with Crippen molar-refractivity contribution in [3.05, 3.63) is 82.9 Å². The Morgan fingerprint density at radius 3 is 2.71 bits per heavy atom. The molecule has 31 heavy (non-hydrogen) atoms. The second kappa shape index (κ2) is 7.52. The van der Waals surface area contributed by atoms with E-state index in [0.717, 1.165) is 11.3 Å². The van der Waals surface area contributed by atoms with E-state index in [1.807, 2.05) is 62.4 Å². The first-order chi connectivity index (χ1) is 15.1. The number of para-hydroxylation sites is 1. The predicted molar refractivity (Wildman–Crippen MR) is 120 cm³/mol. The van der Waals surface area contributed by atoms with Crippen molar-refractivity contribution in [3.63, 3.8) is 0 Å². The molecule has 1 atom stereocenters. The third kappa shape index (κ3) is 3.35. The third-order valence-corrected chi connectivity index (χ3v) is 5.11. The number of hydrogen-bond donors (Lipinski definition) is 3. The molecule has 1 unspecified atom stereocenters. The van der Waals surface area contributed by atoms with Gasteiger partial charge in [-0.3, -0.25) is 10.2 Å². The summed E-state index contributed by atoms with van der Waals surface area (Å²) in [6.45, 7) is 3.84. The van der Waals surface area contributed by atoms with Gasteiger partial charge >= 0.3 is 0 Å². The molecule has 0 aliphatic carbocycles. The van der Waals surface area contributed by atoms with Gasteiger partial charge in [0.05, 0.1) is 29.0 Å². The van der Waals surface area contributed by atoms with E-state index in [9.17, 15) is 4.79 Å². The lowest BCUT2D eigenvalue weighted by Gasteiger charge is -2.21. The number of nitrogens with zero attached hydrogens (tertiary/aromatic N) is 5. The Morgan fingerprint density at radius 1 is 1.03 bits per heavy atom. The van der Waals surface area contributed by atoms with Gasteiger partial charge in [-0.1, -0.05) is 30.3 Å². The van der Waals surface area contributed by atoms with Crippen LogP contribution < -0.4 is 16.3 Å². The van der Waals surface area contributed by atoms with Gasteiger partial charge in [-0.2, -0.15) is 0 Å². The van der Waals surface area contributed by atoms with Crippen LogP contribution in [0.1, 0.15) is 24.4 Å². The average Bonchev–Trinajstić information content (AvgIpc) is 3.26. The molecule has 3 heterocycles. The van der Waals surface area contributed by atoms with E-state index in [1.165, 1.54) is 11.0 Å². The summed E-state index contributed by atoms with van der Waals surface area (Å²) < 4.78 is 1.49. The lowest BCUT2D eigenvalue weighted by Crippen LogP contribution is -2.33. The standard InChI is InChI=1S/C22H20N8O/c1-13-7-6-10-16-17(13)22(31)30(29-15-8-4-3-5-9-15)21(28-16)14(2)27-20-18-19(24-11-23-18)25-12-26-20/h3-12,14,29H,1-2H3,(H2,23,24,25,26,27). The molecule has 0 radical (unpaired) electrons. The molecule has 3 N–H and O–H groups in total. The number of benzene rings is 2. The van der Waals surface area contributed by atoms with Gasteiger partial charge in [0.25, 0.3) is 5.56 Å². The van der Waals surface area contributed by atoms with Gasteiger partial charge in [-0.25, -0.2) is 24.6 Å². The van der Waals surface area contributed by atoms with E-state index in [2.05, 4.69) is 30.7 Å². The van der Waals surface area contributed by atoms with Crippen molar-refractivity contribution in [3.8, 4) is 0 Å². The number of nitrogens with one attached hydrogen (secondary N) is 3. The largest absolute Gasteiger partial charge is 0.358 e. The highest BCUT2D eigenvalue weighted by molar-refractivity contribution is 5.83. The van der Waals surface area contributed by atoms with Crippen LogP contribution in [0, 0.1) is 6.92 Å². The Bertz CT molecular complexity index is 1440. The summed E-state index contributed by atoms with van der Waals surface area (Å²) in [5.41, 5.74) is 6.60. The number of imidazole rings is 1. The quantitative estimate of drug-likeness (QED) is 0.405. The van der Waals surface area contributed by atoms with E-state index >= 15 is 0 Å². The molecule has 2 aromatic carbocycles. The Balaban J connectivity index is 1.64. The highest BCUT2D eigenvalue weighted by Gasteiger charge is 2.19. The van der Waals surface area contributed by atoms with Crippen LogP contribution in [0.4, 0.5) is 11.5 Å². The second-order valence-electron chi connectivity index (χ2n) is 7.25. The van der Waals surface area contributed by atoms with Crippen LogP contribution in [0.5, 0.6) is 0 Å². The molecule has 0 saturated heterocycles. The molecule has 0 aliphatic rings. The van der Waals surface area contributed by atoms with Gasteiger partial charge in [-0.15, -0.1) is 0 Å². The smallest absolute Gasteiger partial charge is 0.280 e. The zero-order valence-corrected chi connectivity index (χ0v) is 17.0. The van der Waals surface area contributed by atoms with Gasteiger partial charge in [0, 0.05) is 0 Å². The van der Waals surface area contributed by atoms with Crippen molar-refractivity contribution < 1.29 is 0 Å². The van der Waals surface area contributed by atoms with Crippen molar-refractivity contribution in [1.29, 1.82) is 0 Å². The van der Waals surface area contributed by atoms with Crippen LogP contribution in [-0.4, -0.2) is 29.6 Å². The fourth-order valence-corrected chi connectivity index (χ4v) is 3.60. The minimum atomic E-state index is -0.352. The van der Waals surface area contributed by atoms with Gasteiger partial charge in [0.2, 0.25) is 0 Å². The number of hydrogen-bond acceptors (Lipinski definition) is 7. The molecule has 0 fully saturated rings. The van der Waals surface area contributed by atoms with Crippen molar-refractivity contribution in [2.24, 2.45) is 0 Å². The van der Waals surface area contributed by atoms with Crippen molar-refractivity contribution in [2.75, 3.05) is 10.7 Å². The number of anilines is 2. The highest BCUT2D eigenvalue weighted by atomic mass is 16.1. The molecule has 3 aromatic heterocycles. The van der Waals surface area contributed by atoms with Gasteiger partial charge in [0.1, 0.15) is 11.8 Å². The zero-order chi connectivity index (χ0) is 21.4. The average molecular weight is 412 g/mol. The maximum atomic E-state index is 13.5. The molecule has 5 rings (SSSR count). The van der Waals surface area contributed by atoms with Crippen LogP contribution in [0.15, 0.2) is 66.0 Å². The molecular weight excluding hydrogens is 392 g/mol. The van der Waals surface area contributed by atoms with Crippen LogP contribution in [0.2, 0.25) is 0 Å². The minimum absolute atomic E-state index is 0.162. The molecule has 9 heteroatoms. The molecular formula is C22H20N8O. The van der Waals surface area contributed by atoms with Crippen molar-refractivity contribution >= 4 is 33.6 Å². The van der Waals surface area contributed by atoms with Gasteiger partial charge < -0.3 is 10.3 Å². The van der Waals surface area contributed by atoms with Crippen LogP contribution in [-0.2, 0) is 0 Å². The minimum Gasteiger partial charge on any atom is -0.358 e. The van der Waals surface area contributed by atoms with E-state index < -0.39 is 0 Å². The molecule has 154 valence electrons. The number of aromatic amines is 1. The normalized spacial score (nSPS) is 12.2. The SMILES string of the molecule is Cc1cccc2nc(C(C)Nc3ncnc4nc[nH]c34)n(Nc3ccccc3)c(=O)c12. The molecule has 0 spiro atoms. The number of H-pyrrole nitrogens is 1. The van der Waals surface area contributed by atoms with E-state index in [1.54, 1.807) is 6.33 Å². The monoisotopic (exact) mass is 412 g/mol. The number of aryl methyl sites for hydroxylation is 1. The first-order valence-corrected chi connectivity index (χ1v) is 9.87. The maximum absolute atomic E-state index is 13.5. The Morgan fingerprint density at radius 2 is 1.87 bits per heavy atom. The lowest BCUT2D eigenvalue weighted by atomic mass is 10.1. The Hall–Kier alpha value is -4.27. The topological polar surface area (TPSA) is 113 Å². The molecule has 5 aromatic rings. The second-order valence-corrected chi connectivity index (χ2v) is 7.25. The Kier molecular flexibility index (Phi) is 4.55. The molecule has 9 nitrogen and oxygen atoms in total. The number of aromatic nitrogens is 6. The van der Waals surface area contributed by atoms with Crippen molar-refractivity contribution in [2.45, 2.75) is 19.9 Å². The van der Waals surface area contributed by atoms with Crippen LogP contribution in [0.25, 0.3) is 22.1 Å². The summed E-state index contributed by atoms with van der Waals surface area (Å²) in [6, 6.07) is 14.8. The van der Waals surface area contributed by atoms with Crippen LogP contribution in [0.3, 0.4) is 0 Å². The molecule has 0 amide bonds. The highest BCUT2D eigenvalue weighted by Crippen LogP contribution is 2.22. The summed E-state index contributed by atoms with van der Waals surface area (Å²) in [5.74, 6) is 1.11. The van der Waals surface area contributed by atoms with E-state index in [0.29, 0.717) is 33.7 Å². The fourth-order valence-electron chi connectivity index (χ4n) is 3.60. The first-order valence-electron chi connectivity index (χ1n) is 9.87. The maximum Gasteiger partial charge on any atom is 0.280 e. The molecule has 0 saturated carbocycles. The first kappa shape index (κ1) is 18.7. The number of rotatable bonds is 5. The third-order valence-electron chi connectivity index (χ3n) is 5.11. The molecule has 0 bridgehead atoms. The van der Waals surface area contributed by atoms with Crippen molar-refractivity contribution in [1.82, 2.24) is 29.6 Å². The van der Waals surface area contributed by atoms with Gasteiger partial charge in [0.15, 0.2) is 17.3 Å².